The van der Waals surface area contributed by atoms with Crippen LogP contribution in [0.5, 0.6) is 11.5 Å². The summed E-state index contributed by atoms with van der Waals surface area (Å²) in [5, 5.41) is 6.64. The third-order valence-corrected chi connectivity index (χ3v) is 6.26. The Kier molecular flexibility index (Phi) is 6.77. The molecule has 0 aliphatic carbocycles. The van der Waals surface area contributed by atoms with Gasteiger partial charge in [0, 0.05) is 21.9 Å². The van der Waals surface area contributed by atoms with Crippen molar-refractivity contribution >= 4 is 39.6 Å². The van der Waals surface area contributed by atoms with Gasteiger partial charge in [0.15, 0.2) is 16.6 Å². The Balaban J connectivity index is 1.61. The van der Waals surface area contributed by atoms with Crippen LogP contribution < -0.4 is 20.3 Å². The zero-order chi connectivity index (χ0) is 22.5. The summed E-state index contributed by atoms with van der Waals surface area (Å²) in [4.78, 5) is 18.9. The smallest absolute Gasteiger partial charge is 0.253 e. The maximum absolute atomic E-state index is 12.9. The summed E-state index contributed by atoms with van der Waals surface area (Å²) < 4.78 is 16.1. The van der Waals surface area contributed by atoms with E-state index >= 15 is 0 Å². The highest BCUT2D eigenvalue weighted by Crippen LogP contribution is 2.31. The third-order valence-electron chi connectivity index (χ3n) is 4.99. The number of methoxy groups -OCH3 is 2. The predicted molar refractivity (Wildman–Crippen MR) is 129 cm³/mol. The number of thiocarbonyl (C=S) groups is 1. The number of thiophene rings is 1. The number of aromatic nitrogens is 1. The molecule has 4 aromatic rings. The van der Waals surface area contributed by atoms with E-state index in [0.29, 0.717) is 47.3 Å². The number of nitrogens with one attached hydrogen (secondary N) is 2. The van der Waals surface area contributed by atoms with Crippen LogP contribution in [-0.4, -0.2) is 29.2 Å². The molecule has 166 valence electrons. The number of nitrogens with zero attached hydrogens (tertiary/aromatic N) is 1. The van der Waals surface area contributed by atoms with E-state index in [0.717, 1.165) is 16.0 Å². The lowest BCUT2D eigenvalue weighted by Gasteiger charge is -2.25. The first kappa shape index (κ1) is 21.9. The molecule has 9 heteroatoms. The Bertz CT molecular complexity index is 1250. The van der Waals surface area contributed by atoms with E-state index < -0.39 is 0 Å². The van der Waals surface area contributed by atoms with Crippen molar-refractivity contribution in [2.45, 2.75) is 19.6 Å². The SMILES string of the molecule is COc1cc2cc(CN(Cc3cccs3)C(=S)NCc3ccco3)c(=O)[nH]c2cc1OC. The molecule has 0 aliphatic rings. The van der Waals surface area contributed by atoms with Gasteiger partial charge in [-0.2, -0.15) is 0 Å². The number of H-pyrrole nitrogens is 1. The summed E-state index contributed by atoms with van der Waals surface area (Å²) in [5.41, 5.74) is 1.11. The van der Waals surface area contributed by atoms with Gasteiger partial charge in [-0.05, 0) is 47.9 Å². The molecule has 2 N–H and O–H groups in total. The molecule has 32 heavy (non-hydrogen) atoms. The summed E-state index contributed by atoms with van der Waals surface area (Å²) in [7, 11) is 3.15. The highest BCUT2D eigenvalue weighted by Gasteiger charge is 2.16. The van der Waals surface area contributed by atoms with Gasteiger partial charge in [0.25, 0.3) is 5.56 Å². The summed E-state index contributed by atoms with van der Waals surface area (Å²) in [6.07, 6.45) is 1.63. The minimum Gasteiger partial charge on any atom is -0.493 e. The first-order valence-electron chi connectivity index (χ1n) is 9.93. The van der Waals surface area contributed by atoms with Crippen LogP contribution in [0.2, 0.25) is 0 Å². The molecule has 0 fully saturated rings. The standard InChI is InChI=1S/C23H23N3O4S2/c1-28-20-10-15-9-16(22(27)25-19(15)11-21(20)29-2)13-26(14-18-6-4-8-32-18)23(31)24-12-17-5-3-7-30-17/h3-11H,12-14H2,1-2H3,(H,24,31)(H,25,27). The number of fused-ring (bicyclic) bond motifs is 1. The molecule has 0 spiro atoms. The number of hydrogen-bond donors (Lipinski definition) is 2. The van der Waals surface area contributed by atoms with Gasteiger partial charge in [-0.25, -0.2) is 0 Å². The topological polar surface area (TPSA) is 79.7 Å². The molecule has 0 saturated carbocycles. The van der Waals surface area contributed by atoms with Crippen LogP contribution in [0.3, 0.4) is 0 Å². The number of hydrogen-bond acceptors (Lipinski definition) is 6. The summed E-state index contributed by atoms with van der Waals surface area (Å²) >= 11 is 7.31. The highest BCUT2D eigenvalue weighted by atomic mass is 32.1. The highest BCUT2D eigenvalue weighted by molar-refractivity contribution is 7.80. The molecule has 1 aromatic carbocycles. The van der Waals surface area contributed by atoms with Crippen molar-refractivity contribution in [2.75, 3.05) is 14.2 Å². The van der Waals surface area contributed by atoms with Gasteiger partial charge >= 0.3 is 0 Å². The number of rotatable bonds is 8. The number of ether oxygens (including phenoxy) is 2. The van der Waals surface area contributed by atoms with Gasteiger partial charge in [-0.15, -0.1) is 11.3 Å². The average Bonchev–Trinajstić information content (AvgIpc) is 3.51. The number of benzene rings is 1. The van der Waals surface area contributed by atoms with Gasteiger partial charge in [-0.3, -0.25) is 4.79 Å². The fraction of sp³-hybridized carbons (Fsp3) is 0.217. The summed E-state index contributed by atoms with van der Waals surface area (Å²) in [5.74, 6) is 1.95. The Morgan fingerprint density at radius 3 is 2.66 bits per heavy atom. The Morgan fingerprint density at radius 1 is 1.16 bits per heavy atom. The third kappa shape index (κ3) is 4.95. The van der Waals surface area contributed by atoms with Gasteiger partial charge < -0.3 is 29.1 Å². The molecule has 0 atom stereocenters. The van der Waals surface area contributed by atoms with Crippen molar-refractivity contribution in [3.05, 3.63) is 80.7 Å². The minimum absolute atomic E-state index is 0.172. The summed E-state index contributed by atoms with van der Waals surface area (Å²) in [6, 6.07) is 13.3. The number of aromatic amines is 1. The fourth-order valence-electron chi connectivity index (χ4n) is 3.38. The van der Waals surface area contributed by atoms with E-state index in [1.807, 2.05) is 40.6 Å². The van der Waals surface area contributed by atoms with E-state index in [2.05, 4.69) is 16.4 Å². The van der Waals surface area contributed by atoms with Crippen LogP contribution in [-0.2, 0) is 19.6 Å². The van der Waals surface area contributed by atoms with Crippen molar-refractivity contribution in [3.63, 3.8) is 0 Å². The first-order chi connectivity index (χ1) is 15.6. The zero-order valence-corrected chi connectivity index (χ0v) is 19.3. The average molecular weight is 470 g/mol. The maximum Gasteiger partial charge on any atom is 0.253 e. The lowest BCUT2D eigenvalue weighted by Crippen LogP contribution is -2.39. The Morgan fingerprint density at radius 2 is 1.97 bits per heavy atom. The second-order valence-electron chi connectivity index (χ2n) is 7.09. The second kappa shape index (κ2) is 9.88. The van der Waals surface area contributed by atoms with Crippen LogP contribution >= 0.6 is 23.6 Å². The molecule has 7 nitrogen and oxygen atoms in total. The maximum atomic E-state index is 12.9. The predicted octanol–water partition coefficient (Wildman–Crippen LogP) is 4.28. The van der Waals surface area contributed by atoms with E-state index in [4.69, 9.17) is 26.1 Å². The quantitative estimate of drug-likeness (QED) is 0.373. The van der Waals surface area contributed by atoms with E-state index in [1.54, 1.807) is 37.9 Å². The second-order valence-corrected chi connectivity index (χ2v) is 8.51. The molecular formula is C23H23N3O4S2. The number of pyridine rings is 1. The molecule has 0 radical (unpaired) electrons. The van der Waals surface area contributed by atoms with Crippen molar-refractivity contribution in [1.29, 1.82) is 0 Å². The van der Waals surface area contributed by atoms with Gasteiger partial charge in [-0.1, -0.05) is 6.07 Å². The molecule has 3 heterocycles. The molecular weight excluding hydrogens is 446 g/mol. The first-order valence-corrected chi connectivity index (χ1v) is 11.2. The van der Waals surface area contributed by atoms with Crippen LogP contribution in [0.4, 0.5) is 0 Å². The Labute approximate surface area is 194 Å². The van der Waals surface area contributed by atoms with Crippen LogP contribution in [0.15, 0.2) is 63.3 Å². The monoisotopic (exact) mass is 469 g/mol. The molecule has 0 amide bonds. The summed E-state index contributed by atoms with van der Waals surface area (Å²) in [6.45, 7) is 1.41. The molecule has 0 bridgehead atoms. The zero-order valence-electron chi connectivity index (χ0n) is 17.7. The van der Waals surface area contributed by atoms with Crippen molar-refractivity contribution in [3.8, 4) is 11.5 Å². The fourth-order valence-corrected chi connectivity index (χ4v) is 4.30. The van der Waals surface area contributed by atoms with E-state index in [1.165, 1.54) is 0 Å². The molecule has 4 rings (SSSR count). The normalized spacial score (nSPS) is 10.8. The van der Waals surface area contributed by atoms with E-state index in [9.17, 15) is 4.79 Å². The van der Waals surface area contributed by atoms with E-state index in [-0.39, 0.29) is 5.56 Å². The largest absolute Gasteiger partial charge is 0.493 e. The molecule has 0 saturated heterocycles. The van der Waals surface area contributed by atoms with Gasteiger partial charge in [0.05, 0.1) is 45.6 Å². The number of furan rings is 1. The molecule has 3 aromatic heterocycles. The molecule has 0 aliphatic heterocycles. The van der Waals surface area contributed by atoms with Crippen molar-refractivity contribution < 1.29 is 13.9 Å². The molecule has 0 unspecified atom stereocenters. The lowest BCUT2D eigenvalue weighted by molar-refractivity contribution is 0.355. The van der Waals surface area contributed by atoms with Crippen LogP contribution in [0.25, 0.3) is 10.9 Å². The Hall–Kier alpha value is -3.30. The van der Waals surface area contributed by atoms with Crippen LogP contribution in [0, 0.1) is 0 Å². The lowest BCUT2D eigenvalue weighted by atomic mass is 10.1. The van der Waals surface area contributed by atoms with Crippen LogP contribution in [0.1, 0.15) is 16.2 Å². The minimum atomic E-state index is -0.172. The van der Waals surface area contributed by atoms with Gasteiger partial charge in [0.2, 0.25) is 0 Å². The van der Waals surface area contributed by atoms with Crippen molar-refractivity contribution in [1.82, 2.24) is 15.2 Å². The van der Waals surface area contributed by atoms with Gasteiger partial charge in [0.1, 0.15) is 5.76 Å². The van der Waals surface area contributed by atoms with Crippen molar-refractivity contribution in [2.24, 2.45) is 0 Å².